The average Bonchev–Trinajstić information content (AvgIpc) is 2.38. The molecule has 1 atom stereocenters. The molecule has 1 unspecified atom stereocenters. The van der Waals surface area contributed by atoms with Gasteiger partial charge in [-0.3, -0.25) is 4.90 Å². The highest BCUT2D eigenvalue weighted by Crippen LogP contribution is 2.14. The van der Waals surface area contributed by atoms with E-state index in [1.54, 1.807) is 0 Å². The Morgan fingerprint density at radius 1 is 1.25 bits per heavy atom. The Morgan fingerprint density at radius 3 is 2.60 bits per heavy atom. The third-order valence-corrected chi connectivity index (χ3v) is 3.42. The molecule has 1 fully saturated rings. The lowest BCUT2D eigenvalue weighted by molar-refractivity contribution is 0.0368. The normalized spacial score (nSPS) is 18.2. The lowest BCUT2D eigenvalue weighted by Gasteiger charge is -2.29. The summed E-state index contributed by atoms with van der Waals surface area (Å²) < 4.78 is 5.37. The molecular weight excluding hydrogens is 252 g/mol. The molecule has 112 valence electrons. The molecule has 5 nitrogen and oxygen atoms in total. The number of rotatable bonds is 5. The van der Waals surface area contributed by atoms with Crippen LogP contribution < -0.4 is 5.32 Å². The van der Waals surface area contributed by atoms with Gasteiger partial charge < -0.3 is 10.1 Å². The molecule has 20 heavy (non-hydrogen) atoms. The molecule has 0 amide bonds. The lowest BCUT2D eigenvalue weighted by Crippen LogP contribution is -2.42. The van der Waals surface area contributed by atoms with E-state index in [1.165, 1.54) is 0 Å². The molecule has 1 N–H and O–H groups in total. The standard InChI is InChI=1S/C15H26N4O/c1-11(2)15-17-12(3)9-14(18-15)16-13(4)10-19-5-7-20-8-6-19/h9,11,13H,5-8,10H2,1-4H3,(H,16,17,18). The van der Waals surface area contributed by atoms with Crippen molar-refractivity contribution >= 4 is 5.82 Å². The summed E-state index contributed by atoms with van der Waals surface area (Å²) in [5, 5.41) is 3.49. The molecule has 2 rings (SSSR count). The quantitative estimate of drug-likeness (QED) is 0.893. The van der Waals surface area contributed by atoms with Crippen LogP contribution in [0.1, 0.15) is 38.2 Å². The monoisotopic (exact) mass is 278 g/mol. The van der Waals surface area contributed by atoms with E-state index in [1.807, 2.05) is 13.0 Å². The van der Waals surface area contributed by atoms with Gasteiger partial charge in [0.1, 0.15) is 11.6 Å². The Balaban J connectivity index is 1.94. The Morgan fingerprint density at radius 2 is 1.95 bits per heavy atom. The molecule has 5 heteroatoms. The minimum atomic E-state index is 0.352. The number of nitrogens with one attached hydrogen (secondary N) is 1. The van der Waals surface area contributed by atoms with E-state index in [0.717, 1.165) is 50.2 Å². The summed E-state index contributed by atoms with van der Waals surface area (Å²) in [7, 11) is 0. The second-order valence-electron chi connectivity index (χ2n) is 5.87. The summed E-state index contributed by atoms with van der Waals surface area (Å²) in [6.07, 6.45) is 0. The van der Waals surface area contributed by atoms with Gasteiger partial charge in [-0.05, 0) is 13.8 Å². The number of morpholine rings is 1. The predicted octanol–water partition coefficient (Wildman–Crippen LogP) is 2.04. The third-order valence-electron chi connectivity index (χ3n) is 3.42. The molecule has 0 radical (unpaired) electrons. The molecule has 0 aliphatic carbocycles. The molecule has 1 aromatic rings. The molecule has 2 heterocycles. The number of aryl methyl sites for hydroxylation is 1. The largest absolute Gasteiger partial charge is 0.379 e. The Bertz CT molecular complexity index is 430. The highest BCUT2D eigenvalue weighted by Gasteiger charge is 2.14. The zero-order chi connectivity index (χ0) is 14.5. The first-order chi connectivity index (χ1) is 9.54. The van der Waals surface area contributed by atoms with Crippen molar-refractivity contribution in [1.29, 1.82) is 0 Å². The van der Waals surface area contributed by atoms with Crippen LogP contribution in [0.25, 0.3) is 0 Å². The van der Waals surface area contributed by atoms with Crippen LogP contribution in [0.15, 0.2) is 6.07 Å². The van der Waals surface area contributed by atoms with Crippen LogP contribution in [0.2, 0.25) is 0 Å². The molecule has 1 aliphatic heterocycles. The highest BCUT2D eigenvalue weighted by molar-refractivity contribution is 5.37. The van der Waals surface area contributed by atoms with Crippen molar-refractivity contribution in [3.8, 4) is 0 Å². The molecule has 0 spiro atoms. The lowest BCUT2D eigenvalue weighted by atomic mass is 10.2. The van der Waals surface area contributed by atoms with Crippen molar-refractivity contribution in [3.05, 3.63) is 17.6 Å². The topological polar surface area (TPSA) is 50.3 Å². The van der Waals surface area contributed by atoms with Crippen molar-refractivity contribution in [1.82, 2.24) is 14.9 Å². The zero-order valence-electron chi connectivity index (χ0n) is 13.0. The van der Waals surface area contributed by atoms with Gasteiger partial charge in [0.2, 0.25) is 0 Å². The number of hydrogen-bond acceptors (Lipinski definition) is 5. The summed E-state index contributed by atoms with van der Waals surface area (Å²) in [5.74, 6) is 2.19. The fourth-order valence-electron chi connectivity index (χ4n) is 2.39. The van der Waals surface area contributed by atoms with Gasteiger partial charge in [-0.15, -0.1) is 0 Å². The van der Waals surface area contributed by atoms with Crippen molar-refractivity contribution in [2.75, 3.05) is 38.2 Å². The second-order valence-corrected chi connectivity index (χ2v) is 5.87. The van der Waals surface area contributed by atoms with Gasteiger partial charge in [0.25, 0.3) is 0 Å². The smallest absolute Gasteiger partial charge is 0.133 e. The Hall–Kier alpha value is -1.20. The predicted molar refractivity (Wildman–Crippen MR) is 81.2 cm³/mol. The van der Waals surface area contributed by atoms with Crippen LogP contribution in [-0.2, 0) is 4.74 Å². The Labute approximate surface area is 121 Å². The molecule has 1 aromatic heterocycles. The number of nitrogens with zero attached hydrogens (tertiary/aromatic N) is 3. The summed E-state index contributed by atoms with van der Waals surface area (Å²) in [5.41, 5.74) is 1.02. The Kier molecular flexibility index (Phi) is 5.31. The van der Waals surface area contributed by atoms with E-state index in [0.29, 0.717) is 12.0 Å². The molecule has 0 bridgehead atoms. The van der Waals surface area contributed by atoms with Gasteiger partial charge in [-0.1, -0.05) is 13.8 Å². The first-order valence-electron chi connectivity index (χ1n) is 7.47. The number of aromatic nitrogens is 2. The van der Waals surface area contributed by atoms with Gasteiger partial charge in [0.05, 0.1) is 13.2 Å². The molecule has 0 saturated carbocycles. The zero-order valence-corrected chi connectivity index (χ0v) is 13.0. The van der Waals surface area contributed by atoms with Crippen molar-refractivity contribution in [2.45, 2.75) is 39.7 Å². The van der Waals surface area contributed by atoms with Crippen LogP contribution in [0.3, 0.4) is 0 Å². The SMILES string of the molecule is Cc1cc(NC(C)CN2CCOCC2)nc(C(C)C)n1. The second kappa shape index (κ2) is 6.99. The highest BCUT2D eigenvalue weighted by atomic mass is 16.5. The van der Waals surface area contributed by atoms with Crippen molar-refractivity contribution < 1.29 is 4.74 Å². The summed E-state index contributed by atoms with van der Waals surface area (Å²) in [6.45, 7) is 13.2. The summed E-state index contributed by atoms with van der Waals surface area (Å²) >= 11 is 0. The molecule has 1 aliphatic rings. The minimum absolute atomic E-state index is 0.352. The fraction of sp³-hybridized carbons (Fsp3) is 0.733. The van der Waals surface area contributed by atoms with Crippen molar-refractivity contribution in [3.63, 3.8) is 0 Å². The maximum absolute atomic E-state index is 5.37. The van der Waals surface area contributed by atoms with Gasteiger partial charge >= 0.3 is 0 Å². The number of anilines is 1. The summed E-state index contributed by atoms with van der Waals surface area (Å²) in [6, 6.07) is 2.38. The van der Waals surface area contributed by atoms with Gasteiger partial charge in [-0.2, -0.15) is 0 Å². The maximum Gasteiger partial charge on any atom is 0.133 e. The van der Waals surface area contributed by atoms with Gasteiger partial charge in [0.15, 0.2) is 0 Å². The van der Waals surface area contributed by atoms with E-state index in [4.69, 9.17) is 4.74 Å². The maximum atomic E-state index is 5.37. The number of hydrogen-bond donors (Lipinski definition) is 1. The van der Waals surface area contributed by atoms with Crippen molar-refractivity contribution in [2.24, 2.45) is 0 Å². The third kappa shape index (κ3) is 4.42. The molecule has 0 aromatic carbocycles. The fourth-order valence-corrected chi connectivity index (χ4v) is 2.39. The van der Waals surface area contributed by atoms with Gasteiger partial charge in [0, 0.05) is 43.4 Å². The van der Waals surface area contributed by atoms with E-state index >= 15 is 0 Å². The van der Waals surface area contributed by atoms with E-state index in [-0.39, 0.29) is 0 Å². The number of ether oxygens (including phenoxy) is 1. The minimum Gasteiger partial charge on any atom is -0.379 e. The van der Waals surface area contributed by atoms with Crippen LogP contribution in [0.5, 0.6) is 0 Å². The van der Waals surface area contributed by atoms with E-state index < -0.39 is 0 Å². The molecule has 1 saturated heterocycles. The van der Waals surface area contributed by atoms with E-state index in [9.17, 15) is 0 Å². The first-order valence-corrected chi connectivity index (χ1v) is 7.47. The first kappa shape index (κ1) is 15.2. The van der Waals surface area contributed by atoms with Crippen LogP contribution in [0.4, 0.5) is 5.82 Å². The average molecular weight is 278 g/mol. The summed E-state index contributed by atoms with van der Waals surface area (Å²) in [4.78, 5) is 11.5. The van der Waals surface area contributed by atoms with E-state index in [2.05, 4.69) is 41.0 Å². The van der Waals surface area contributed by atoms with Crippen LogP contribution >= 0.6 is 0 Å². The van der Waals surface area contributed by atoms with Gasteiger partial charge in [-0.25, -0.2) is 9.97 Å². The van der Waals surface area contributed by atoms with Crippen LogP contribution in [-0.4, -0.2) is 53.8 Å². The molecular formula is C15H26N4O. The van der Waals surface area contributed by atoms with Crippen LogP contribution in [0, 0.1) is 6.92 Å².